The minimum atomic E-state index is -0.425. The van der Waals surface area contributed by atoms with Gasteiger partial charge in [-0.1, -0.05) is 30.3 Å². The van der Waals surface area contributed by atoms with E-state index in [4.69, 9.17) is 0 Å². The van der Waals surface area contributed by atoms with Crippen molar-refractivity contribution in [1.82, 2.24) is 10.4 Å². The first-order valence-electron chi connectivity index (χ1n) is 10.2. The van der Waals surface area contributed by atoms with Gasteiger partial charge in [0, 0.05) is 12.5 Å². The molecule has 0 heterocycles. The van der Waals surface area contributed by atoms with Crippen LogP contribution < -0.4 is 5.43 Å². The van der Waals surface area contributed by atoms with Gasteiger partial charge in [0.15, 0.2) is 0 Å². The fourth-order valence-corrected chi connectivity index (χ4v) is 6.10. The largest absolute Gasteiger partial charge is 0.289 e. The number of benzene rings is 1. The molecule has 0 spiro atoms. The first-order chi connectivity index (χ1) is 13.5. The van der Waals surface area contributed by atoms with Crippen molar-refractivity contribution in [3.63, 3.8) is 0 Å². The zero-order valence-electron chi connectivity index (χ0n) is 16.1. The summed E-state index contributed by atoms with van der Waals surface area (Å²) >= 11 is 0. The van der Waals surface area contributed by atoms with E-state index in [0.29, 0.717) is 6.42 Å². The highest BCUT2D eigenvalue weighted by Crippen LogP contribution is 2.61. The third-order valence-electron chi connectivity index (χ3n) is 6.67. The molecule has 4 aliphatic rings. The molecule has 0 saturated heterocycles. The Morgan fingerprint density at radius 3 is 2.25 bits per heavy atom. The first-order valence-corrected chi connectivity index (χ1v) is 10.2. The molecule has 5 rings (SSSR count). The number of hydrogen-bond acceptors (Lipinski definition) is 3. The van der Waals surface area contributed by atoms with Crippen LogP contribution in [-0.4, -0.2) is 29.7 Å². The Balaban J connectivity index is 1.37. The van der Waals surface area contributed by atoms with Gasteiger partial charge in [-0.3, -0.25) is 19.8 Å². The summed E-state index contributed by atoms with van der Waals surface area (Å²) < 4.78 is 0. The summed E-state index contributed by atoms with van der Waals surface area (Å²) in [5, 5.41) is 1.06. The third-order valence-corrected chi connectivity index (χ3v) is 6.67. The van der Waals surface area contributed by atoms with Crippen molar-refractivity contribution in [3.05, 3.63) is 42.0 Å². The maximum Gasteiger partial charge on any atom is 0.265 e. The smallest absolute Gasteiger partial charge is 0.265 e. The Hall–Kier alpha value is -2.43. The van der Waals surface area contributed by atoms with E-state index in [0.717, 1.165) is 47.6 Å². The van der Waals surface area contributed by atoms with Crippen LogP contribution in [0.25, 0.3) is 6.08 Å². The lowest BCUT2D eigenvalue weighted by Crippen LogP contribution is -2.51. The zero-order valence-corrected chi connectivity index (χ0v) is 16.1. The summed E-state index contributed by atoms with van der Waals surface area (Å²) in [7, 11) is 0. The predicted molar refractivity (Wildman–Crippen MR) is 106 cm³/mol. The minimum Gasteiger partial charge on any atom is -0.289 e. The highest BCUT2D eigenvalue weighted by atomic mass is 16.2. The second-order valence-corrected chi connectivity index (χ2v) is 8.94. The number of nitrogens with one attached hydrogen (secondary N) is 1. The molecular formula is C23H27N2O3. The van der Waals surface area contributed by atoms with Crippen molar-refractivity contribution >= 4 is 24.2 Å². The average Bonchev–Trinajstić information content (AvgIpc) is 2.65. The lowest BCUT2D eigenvalue weighted by molar-refractivity contribution is -0.141. The molecule has 5 heteroatoms. The van der Waals surface area contributed by atoms with Gasteiger partial charge in [-0.15, -0.1) is 0 Å². The number of carbonyl (C=O) groups is 2. The van der Waals surface area contributed by atoms with Gasteiger partial charge in [-0.2, -0.15) is 0 Å². The van der Waals surface area contributed by atoms with Crippen LogP contribution in [0.1, 0.15) is 50.5 Å². The van der Waals surface area contributed by atoms with Crippen LogP contribution in [0, 0.1) is 23.2 Å². The molecule has 0 aromatic heterocycles. The zero-order chi connectivity index (χ0) is 19.6. The summed E-state index contributed by atoms with van der Waals surface area (Å²) in [6.45, 7) is -0.273. The fourth-order valence-electron chi connectivity index (χ4n) is 6.10. The Bertz CT molecular complexity index is 736. The standard InChI is InChI=1S/C23H27N2O3/c26-9-8-25(22(28)7-6-17-4-2-1-3-5-17)24-21(27)16-23-13-18-10-19(14-23)12-20(11-18)15-23/h1-7,18-20H,8,10-16H2,(H,24,27). The summed E-state index contributed by atoms with van der Waals surface area (Å²) in [6.07, 6.45) is 12.6. The predicted octanol–water partition coefficient (Wildman–Crippen LogP) is 3.28. The molecule has 1 radical (unpaired) electrons. The third kappa shape index (κ3) is 4.18. The number of carbonyl (C=O) groups excluding carboxylic acids is 3. The molecule has 0 aliphatic heterocycles. The van der Waals surface area contributed by atoms with Crippen LogP contribution >= 0.6 is 0 Å². The minimum absolute atomic E-state index is 0.0956. The van der Waals surface area contributed by atoms with Crippen LogP contribution in [0.5, 0.6) is 0 Å². The van der Waals surface area contributed by atoms with Crippen LogP contribution in [0.15, 0.2) is 36.4 Å². The van der Waals surface area contributed by atoms with Crippen LogP contribution in [0.2, 0.25) is 0 Å². The maximum absolute atomic E-state index is 12.7. The molecule has 4 saturated carbocycles. The van der Waals surface area contributed by atoms with Gasteiger partial charge in [-0.25, -0.2) is 5.01 Å². The molecule has 4 fully saturated rings. The number of nitrogens with zero attached hydrogens (tertiary/aromatic N) is 1. The van der Waals surface area contributed by atoms with E-state index >= 15 is 0 Å². The second kappa shape index (κ2) is 7.90. The first kappa shape index (κ1) is 18.9. The maximum atomic E-state index is 12.7. The monoisotopic (exact) mass is 379 g/mol. The Labute approximate surface area is 166 Å². The molecular weight excluding hydrogens is 352 g/mol. The molecule has 147 valence electrons. The molecule has 4 bridgehead atoms. The van der Waals surface area contributed by atoms with Crippen molar-refractivity contribution in [2.45, 2.75) is 44.9 Å². The van der Waals surface area contributed by atoms with E-state index in [1.54, 1.807) is 12.4 Å². The van der Waals surface area contributed by atoms with E-state index in [2.05, 4.69) is 5.43 Å². The van der Waals surface area contributed by atoms with E-state index < -0.39 is 5.91 Å². The molecule has 1 aromatic carbocycles. The van der Waals surface area contributed by atoms with Crippen LogP contribution in [0.3, 0.4) is 0 Å². The Morgan fingerprint density at radius 2 is 1.68 bits per heavy atom. The topological polar surface area (TPSA) is 66.5 Å². The number of hydrogen-bond donors (Lipinski definition) is 1. The van der Waals surface area contributed by atoms with Gasteiger partial charge >= 0.3 is 0 Å². The second-order valence-electron chi connectivity index (χ2n) is 8.94. The van der Waals surface area contributed by atoms with Gasteiger partial charge in [0.05, 0.1) is 0 Å². The Morgan fingerprint density at radius 1 is 1.07 bits per heavy atom. The number of rotatable bonds is 6. The fraction of sp³-hybridized carbons (Fsp3) is 0.522. The van der Waals surface area contributed by atoms with E-state index in [-0.39, 0.29) is 17.9 Å². The lowest BCUT2D eigenvalue weighted by Gasteiger charge is -2.56. The van der Waals surface area contributed by atoms with Crippen molar-refractivity contribution in [3.8, 4) is 0 Å². The van der Waals surface area contributed by atoms with Gasteiger partial charge in [0.25, 0.3) is 5.91 Å². The quantitative estimate of drug-likeness (QED) is 0.609. The van der Waals surface area contributed by atoms with Crippen LogP contribution in [0.4, 0.5) is 0 Å². The summed E-state index contributed by atoms with van der Waals surface area (Å²) in [5.74, 6) is 1.72. The van der Waals surface area contributed by atoms with Gasteiger partial charge in [-0.05, 0) is 73.3 Å². The Kier molecular flexibility index (Phi) is 5.33. The molecule has 0 atom stereocenters. The van der Waals surface area contributed by atoms with E-state index in [9.17, 15) is 14.4 Å². The van der Waals surface area contributed by atoms with Crippen molar-refractivity contribution in [1.29, 1.82) is 0 Å². The normalized spacial score (nSPS) is 30.4. The van der Waals surface area contributed by atoms with Gasteiger partial charge in [0.2, 0.25) is 12.2 Å². The van der Waals surface area contributed by atoms with E-state index in [1.807, 2.05) is 30.3 Å². The number of amides is 2. The molecule has 5 nitrogen and oxygen atoms in total. The number of hydrazine groups is 1. The summed E-state index contributed by atoms with van der Waals surface area (Å²) in [5.41, 5.74) is 3.64. The molecule has 28 heavy (non-hydrogen) atoms. The highest BCUT2D eigenvalue weighted by Gasteiger charge is 2.51. The van der Waals surface area contributed by atoms with Crippen LogP contribution in [-0.2, 0) is 14.4 Å². The summed E-state index contributed by atoms with van der Waals surface area (Å²) in [4.78, 5) is 36.1. The summed E-state index contributed by atoms with van der Waals surface area (Å²) in [6, 6.07) is 9.43. The SMILES string of the molecule is O=[C]CN(NC(=O)CC12CC3CC(CC(C3)C1)C2)C(=O)C=Cc1ccccc1. The van der Waals surface area contributed by atoms with E-state index in [1.165, 1.54) is 25.3 Å². The molecule has 0 unspecified atom stereocenters. The molecule has 4 aliphatic carbocycles. The average molecular weight is 379 g/mol. The van der Waals surface area contributed by atoms with Crippen molar-refractivity contribution in [2.75, 3.05) is 6.54 Å². The molecule has 1 N–H and O–H groups in total. The highest BCUT2D eigenvalue weighted by molar-refractivity contribution is 5.94. The van der Waals surface area contributed by atoms with Crippen molar-refractivity contribution in [2.24, 2.45) is 23.2 Å². The van der Waals surface area contributed by atoms with Crippen molar-refractivity contribution < 1.29 is 14.4 Å². The lowest BCUT2D eigenvalue weighted by atomic mass is 9.49. The molecule has 2 amide bonds. The van der Waals surface area contributed by atoms with Gasteiger partial charge in [0.1, 0.15) is 6.54 Å². The van der Waals surface area contributed by atoms with Gasteiger partial charge < -0.3 is 0 Å². The molecule has 1 aromatic rings.